The van der Waals surface area contributed by atoms with Crippen LogP contribution < -0.4 is 11.3 Å². The first kappa shape index (κ1) is 14.4. The Hall–Kier alpha value is -1.99. The van der Waals surface area contributed by atoms with Crippen molar-refractivity contribution < 1.29 is 22.0 Å². The Morgan fingerprint density at radius 3 is 1.95 bits per heavy atom. The van der Waals surface area contributed by atoms with Gasteiger partial charge in [-0.3, -0.25) is 5.84 Å². The highest BCUT2D eigenvalue weighted by Crippen LogP contribution is 2.26. The fraction of sp³-hybridized carbons (Fsp3) is 0.0769. The van der Waals surface area contributed by atoms with Crippen molar-refractivity contribution in [1.82, 2.24) is 5.43 Å². The van der Waals surface area contributed by atoms with Crippen molar-refractivity contribution in [3.8, 4) is 0 Å². The van der Waals surface area contributed by atoms with Gasteiger partial charge in [-0.2, -0.15) is 0 Å². The Labute approximate surface area is 111 Å². The molecule has 0 aliphatic heterocycles. The molecule has 1 unspecified atom stereocenters. The van der Waals surface area contributed by atoms with Crippen molar-refractivity contribution in [2.24, 2.45) is 5.84 Å². The standard InChI is InChI=1S/C13H9F5N2/c14-7-1-2-8(9(15)5-7)13(20-19)6-3-10(16)12(18)11(17)4-6/h1-5,13,20H,19H2. The van der Waals surface area contributed by atoms with E-state index in [0.29, 0.717) is 18.2 Å². The normalized spacial score (nSPS) is 12.5. The second-order valence-electron chi connectivity index (χ2n) is 4.06. The van der Waals surface area contributed by atoms with Crippen LogP contribution in [0.1, 0.15) is 17.2 Å². The van der Waals surface area contributed by atoms with E-state index in [9.17, 15) is 22.0 Å². The topological polar surface area (TPSA) is 38.0 Å². The van der Waals surface area contributed by atoms with E-state index >= 15 is 0 Å². The third-order valence-corrected chi connectivity index (χ3v) is 2.78. The van der Waals surface area contributed by atoms with Gasteiger partial charge in [-0.15, -0.1) is 0 Å². The third-order valence-electron chi connectivity index (χ3n) is 2.78. The summed E-state index contributed by atoms with van der Waals surface area (Å²) in [4.78, 5) is 0. The van der Waals surface area contributed by atoms with Gasteiger partial charge in [0.05, 0.1) is 6.04 Å². The van der Waals surface area contributed by atoms with Gasteiger partial charge in [-0.05, 0) is 23.8 Å². The van der Waals surface area contributed by atoms with Crippen molar-refractivity contribution in [3.63, 3.8) is 0 Å². The molecule has 0 aliphatic rings. The molecule has 1 atom stereocenters. The molecule has 2 nitrogen and oxygen atoms in total. The average Bonchev–Trinajstić information content (AvgIpc) is 2.39. The largest absolute Gasteiger partial charge is 0.271 e. The molecule has 0 spiro atoms. The first-order valence-electron chi connectivity index (χ1n) is 5.49. The highest BCUT2D eigenvalue weighted by atomic mass is 19.2. The molecule has 0 heterocycles. The van der Waals surface area contributed by atoms with Crippen LogP contribution in [0.15, 0.2) is 30.3 Å². The molecule has 0 amide bonds. The lowest BCUT2D eigenvalue weighted by molar-refractivity contribution is 0.442. The summed E-state index contributed by atoms with van der Waals surface area (Å²) >= 11 is 0. The van der Waals surface area contributed by atoms with E-state index in [1.807, 2.05) is 0 Å². The maximum atomic E-state index is 13.7. The molecular formula is C13H9F5N2. The van der Waals surface area contributed by atoms with Crippen LogP contribution in [-0.2, 0) is 0 Å². The van der Waals surface area contributed by atoms with Crippen molar-refractivity contribution in [1.29, 1.82) is 0 Å². The van der Waals surface area contributed by atoms with Crippen LogP contribution in [0.3, 0.4) is 0 Å². The van der Waals surface area contributed by atoms with Crippen molar-refractivity contribution in [3.05, 3.63) is 70.5 Å². The molecule has 2 aromatic rings. The molecule has 3 N–H and O–H groups in total. The Morgan fingerprint density at radius 2 is 1.45 bits per heavy atom. The zero-order valence-electron chi connectivity index (χ0n) is 9.93. The predicted octanol–water partition coefficient (Wildman–Crippen LogP) is 2.93. The molecule has 7 heteroatoms. The van der Waals surface area contributed by atoms with E-state index in [1.165, 1.54) is 0 Å². The Morgan fingerprint density at radius 1 is 0.850 bits per heavy atom. The number of hydrogen-bond acceptors (Lipinski definition) is 2. The average molecular weight is 288 g/mol. The fourth-order valence-corrected chi connectivity index (χ4v) is 1.84. The van der Waals surface area contributed by atoms with E-state index in [0.717, 1.165) is 12.1 Å². The molecule has 0 saturated carbocycles. The molecular weight excluding hydrogens is 279 g/mol. The summed E-state index contributed by atoms with van der Waals surface area (Å²) < 4.78 is 65.7. The molecule has 0 aromatic heterocycles. The summed E-state index contributed by atoms with van der Waals surface area (Å²) in [6.07, 6.45) is 0. The van der Waals surface area contributed by atoms with Crippen LogP contribution in [0, 0.1) is 29.1 Å². The number of hydrogen-bond donors (Lipinski definition) is 2. The first-order chi connectivity index (χ1) is 9.43. The van der Waals surface area contributed by atoms with Gasteiger partial charge in [0.15, 0.2) is 17.5 Å². The minimum Gasteiger partial charge on any atom is -0.271 e. The molecule has 0 radical (unpaired) electrons. The SMILES string of the molecule is NNC(c1cc(F)c(F)c(F)c1)c1ccc(F)cc1F. The number of benzene rings is 2. The number of halogens is 5. The van der Waals surface area contributed by atoms with Gasteiger partial charge in [0.1, 0.15) is 11.6 Å². The summed E-state index contributed by atoms with van der Waals surface area (Å²) in [6.45, 7) is 0. The van der Waals surface area contributed by atoms with Gasteiger partial charge in [0, 0.05) is 11.6 Å². The summed E-state index contributed by atoms with van der Waals surface area (Å²) in [7, 11) is 0. The number of nitrogens with two attached hydrogens (primary N) is 1. The van der Waals surface area contributed by atoms with Crippen molar-refractivity contribution in [2.75, 3.05) is 0 Å². The lowest BCUT2D eigenvalue weighted by Gasteiger charge is -2.18. The Bertz CT molecular complexity index is 622. The zero-order chi connectivity index (χ0) is 14.9. The molecule has 20 heavy (non-hydrogen) atoms. The first-order valence-corrected chi connectivity index (χ1v) is 5.49. The molecule has 0 bridgehead atoms. The minimum absolute atomic E-state index is 0.126. The van der Waals surface area contributed by atoms with Gasteiger partial charge < -0.3 is 0 Å². The third kappa shape index (κ3) is 2.63. The number of hydrazine groups is 1. The quantitative estimate of drug-likeness (QED) is 0.394. The second kappa shape index (κ2) is 5.56. The predicted molar refractivity (Wildman–Crippen MR) is 61.8 cm³/mol. The maximum Gasteiger partial charge on any atom is 0.194 e. The van der Waals surface area contributed by atoms with Gasteiger partial charge in [-0.25, -0.2) is 27.4 Å². The number of nitrogens with one attached hydrogen (secondary N) is 1. The van der Waals surface area contributed by atoms with Crippen molar-refractivity contribution in [2.45, 2.75) is 6.04 Å². The fourth-order valence-electron chi connectivity index (χ4n) is 1.84. The summed E-state index contributed by atoms with van der Waals surface area (Å²) in [5.74, 6) is -1.01. The van der Waals surface area contributed by atoms with Crippen molar-refractivity contribution >= 4 is 0 Å². The van der Waals surface area contributed by atoms with Gasteiger partial charge >= 0.3 is 0 Å². The molecule has 0 saturated heterocycles. The Kier molecular flexibility index (Phi) is 4.01. The van der Waals surface area contributed by atoms with Gasteiger partial charge in [0.25, 0.3) is 0 Å². The second-order valence-corrected chi connectivity index (χ2v) is 4.06. The maximum absolute atomic E-state index is 13.7. The molecule has 0 aliphatic carbocycles. The summed E-state index contributed by atoms with van der Waals surface area (Å²) in [5.41, 5.74) is 1.89. The molecule has 106 valence electrons. The molecule has 2 rings (SSSR count). The Balaban J connectivity index is 2.52. The van der Waals surface area contributed by atoms with E-state index in [1.54, 1.807) is 0 Å². The molecule has 2 aromatic carbocycles. The highest BCUT2D eigenvalue weighted by Gasteiger charge is 2.21. The van der Waals surface area contributed by atoms with E-state index in [-0.39, 0.29) is 11.1 Å². The zero-order valence-corrected chi connectivity index (χ0v) is 9.93. The minimum atomic E-state index is -1.64. The number of rotatable bonds is 3. The van der Waals surface area contributed by atoms with Crippen LogP contribution in [0.25, 0.3) is 0 Å². The van der Waals surface area contributed by atoms with Gasteiger partial charge in [0.2, 0.25) is 0 Å². The monoisotopic (exact) mass is 288 g/mol. The van der Waals surface area contributed by atoms with Crippen LogP contribution in [0.2, 0.25) is 0 Å². The van der Waals surface area contributed by atoms with Gasteiger partial charge in [-0.1, -0.05) is 6.07 Å². The smallest absolute Gasteiger partial charge is 0.194 e. The van der Waals surface area contributed by atoms with Crippen LogP contribution >= 0.6 is 0 Å². The van der Waals surface area contributed by atoms with Crippen LogP contribution in [0.4, 0.5) is 22.0 Å². The van der Waals surface area contributed by atoms with Crippen LogP contribution in [0.5, 0.6) is 0 Å². The van der Waals surface area contributed by atoms with E-state index < -0.39 is 35.1 Å². The van der Waals surface area contributed by atoms with Crippen LogP contribution in [-0.4, -0.2) is 0 Å². The summed E-state index contributed by atoms with van der Waals surface area (Å²) in [6, 6.07) is 2.88. The molecule has 0 fully saturated rings. The summed E-state index contributed by atoms with van der Waals surface area (Å²) in [5, 5.41) is 0. The lowest BCUT2D eigenvalue weighted by Crippen LogP contribution is -2.30. The highest BCUT2D eigenvalue weighted by molar-refractivity contribution is 5.33. The lowest BCUT2D eigenvalue weighted by atomic mass is 9.98. The van der Waals surface area contributed by atoms with E-state index in [2.05, 4.69) is 5.43 Å². The van der Waals surface area contributed by atoms with E-state index in [4.69, 9.17) is 5.84 Å².